The standard InChI is InChI=1S/C16H18N2O3S/c1-21-18-11-13-7-3-2-6-12(13)10-15(18)14-8-4-5-9-16(14)22(17,19)20/h2-9,16H,10-11H2,1H3,(H2,17,19,20). The third-order valence-electron chi connectivity index (χ3n) is 3.98. The van der Waals surface area contributed by atoms with Gasteiger partial charge in [0.2, 0.25) is 10.0 Å². The zero-order valence-corrected chi connectivity index (χ0v) is 13.1. The summed E-state index contributed by atoms with van der Waals surface area (Å²) in [6.07, 6.45) is 7.53. The molecule has 3 rings (SSSR count). The van der Waals surface area contributed by atoms with Gasteiger partial charge in [0, 0.05) is 6.42 Å². The maximum Gasteiger partial charge on any atom is 0.219 e. The van der Waals surface area contributed by atoms with E-state index in [0.717, 1.165) is 5.70 Å². The highest BCUT2D eigenvalue weighted by atomic mass is 32.2. The number of allylic oxidation sites excluding steroid dienone is 4. The summed E-state index contributed by atoms with van der Waals surface area (Å²) < 4.78 is 23.8. The maximum absolute atomic E-state index is 11.9. The molecule has 0 fully saturated rings. The average molecular weight is 318 g/mol. The number of hydroxylamine groups is 2. The predicted octanol–water partition coefficient (Wildman–Crippen LogP) is 1.64. The topological polar surface area (TPSA) is 72.6 Å². The van der Waals surface area contributed by atoms with Gasteiger partial charge < -0.3 is 0 Å². The van der Waals surface area contributed by atoms with Crippen molar-refractivity contribution in [2.24, 2.45) is 5.14 Å². The van der Waals surface area contributed by atoms with E-state index in [1.54, 1.807) is 30.4 Å². The third kappa shape index (κ3) is 2.72. The lowest BCUT2D eigenvalue weighted by molar-refractivity contribution is -0.113. The molecule has 1 aliphatic heterocycles. The van der Waals surface area contributed by atoms with Gasteiger partial charge in [0.25, 0.3) is 0 Å². The molecule has 0 aromatic heterocycles. The lowest BCUT2D eigenvalue weighted by Gasteiger charge is -2.34. The van der Waals surface area contributed by atoms with E-state index in [9.17, 15) is 8.42 Å². The van der Waals surface area contributed by atoms with Crippen molar-refractivity contribution in [3.05, 3.63) is 71.0 Å². The normalized spacial score (nSPS) is 24.5. The zero-order chi connectivity index (χ0) is 15.7. The first-order valence-corrected chi connectivity index (χ1v) is 8.59. The van der Waals surface area contributed by atoms with Crippen LogP contribution in [0.4, 0.5) is 0 Å². The van der Waals surface area contributed by atoms with Crippen LogP contribution in [0.1, 0.15) is 11.1 Å². The summed E-state index contributed by atoms with van der Waals surface area (Å²) in [5.41, 5.74) is 3.85. The molecule has 22 heavy (non-hydrogen) atoms. The average Bonchev–Trinajstić information content (AvgIpc) is 2.52. The first-order valence-electron chi connectivity index (χ1n) is 6.98. The first kappa shape index (κ1) is 15.0. The summed E-state index contributed by atoms with van der Waals surface area (Å²) in [5, 5.41) is 6.28. The summed E-state index contributed by atoms with van der Waals surface area (Å²) in [4.78, 5) is 5.46. The Morgan fingerprint density at radius 3 is 2.64 bits per heavy atom. The van der Waals surface area contributed by atoms with E-state index in [1.807, 2.05) is 18.2 Å². The number of hydrogen-bond donors (Lipinski definition) is 1. The van der Waals surface area contributed by atoms with Gasteiger partial charge in [-0.2, -0.15) is 0 Å². The van der Waals surface area contributed by atoms with E-state index in [0.29, 0.717) is 18.5 Å². The number of sulfonamides is 1. The smallest absolute Gasteiger partial charge is 0.219 e. The Kier molecular flexibility index (Phi) is 3.90. The second-order valence-electron chi connectivity index (χ2n) is 5.32. The van der Waals surface area contributed by atoms with Crippen molar-refractivity contribution in [1.29, 1.82) is 0 Å². The molecule has 116 valence electrons. The number of nitrogens with two attached hydrogens (primary N) is 1. The third-order valence-corrected chi connectivity index (χ3v) is 5.10. The zero-order valence-electron chi connectivity index (χ0n) is 12.3. The molecule has 0 saturated carbocycles. The summed E-state index contributed by atoms with van der Waals surface area (Å²) in [5.74, 6) is 0. The minimum absolute atomic E-state index is 0.584. The molecule has 1 aliphatic carbocycles. The van der Waals surface area contributed by atoms with E-state index >= 15 is 0 Å². The van der Waals surface area contributed by atoms with E-state index in [2.05, 4.69) is 12.1 Å². The Morgan fingerprint density at radius 2 is 1.95 bits per heavy atom. The highest BCUT2D eigenvalue weighted by molar-refractivity contribution is 7.90. The second kappa shape index (κ2) is 5.72. The summed E-state index contributed by atoms with van der Waals surface area (Å²) in [7, 11) is -2.13. The highest BCUT2D eigenvalue weighted by Crippen LogP contribution is 2.31. The molecule has 5 nitrogen and oxygen atoms in total. The molecule has 1 aromatic carbocycles. The number of hydrogen-bond acceptors (Lipinski definition) is 4. The number of fused-ring (bicyclic) bond motifs is 1. The molecule has 1 aromatic rings. The minimum Gasteiger partial charge on any atom is -0.277 e. The fourth-order valence-corrected chi connectivity index (χ4v) is 3.77. The molecule has 0 amide bonds. The van der Waals surface area contributed by atoms with Gasteiger partial charge in [-0.3, -0.25) is 9.90 Å². The van der Waals surface area contributed by atoms with Crippen LogP contribution in [0.25, 0.3) is 0 Å². The fourth-order valence-electron chi connectivity index (χ4n) is 2.89. The van der Waals surface area contributed by atoms with E-state index in [4.69, 9.17) is 9.98 Å². The Bertz CT molecular complexity index is 778. The summed E-state index contributed by atoms with van der Waals surface area (Å²) >= 11 is 0. The molecular weight excluding hydrogens is 300 g/mol. The Balaban J connectivity index is 2.12. The Hall–Kier alpha value is -1.89. The van der Waals surface area contributed by atoms with Gasteiger partial charge in [0.05, 0.1) is 19.4 Å². The molecule has 2 N–H and O–H groups in total. The van der Waals surface area contributed by atoms with Crippen LogP contribution in [0.3, 0.4) is 0 Å². The van der Waals surface area contributed by atoms with Crippen LogP contribution in [0.15, 0.2) is 59.8 Å². The van der Waals surface area contributed by atoms with Crippen LogP contribution in [0.5, 0.6) is 0 Å². The van der Waals surface area contributed by atoms with Crippen LogP contribution in [-0.4, -0.2) is 25.8 Å². The van der Waals surface area contributed by atoms with Crippen molar-refractivity contribution in [3.8, 4) is 0 Å². The molecule has 6 heteroatoms. The van der Waals surface area contributed by atoms with Crippen molar-refractivity contribution in [1.82, 2.24) is 5.06 Å². The van der Waals surface area contributed by atoms with E-state index < -0.39 is 15.3 Å². The van der Waals surface area contributed by atoms with Crippen LogP contribution in [-0.2, 0) is 27.8 Å². The van der Waals surface area contributed by atoms with Crippen molar-refractivity contribution in [2.45, 2.75) is 18.2 Å². The van der Waals surface area contributed by atoms with Crippen LogP contribution >= 0.6 is 0 Å². The largest absolute Gasteiger partial charge is 0.277 e. The fraction of sp³-hybridized carbons (Fsp3) is 0.250. The predicted molar refractivity (Wildman–Crippen MR) is 84.9 cm³/mol. The van der Waals surface area contributed by atoms with E-state index in [1.165, 1.54) is 11.1 Å². The van der Waals surface area contributed by atoms with Gasteiger partial charge in [-0.1, -0.05) is 48.6 Å². The maximum atomic E-state index is 11.9. The van der Waals surface area contributed by atoms with E-state index in [-0.39, 0.29) is 0 Å². The van der Waals surface area contributed by atoms with Crippen LogP contribution in [0.2, 0.25) is 0 Å². The molecule has 1 heterocycles. The highest BCUT2D eigenvalue weighted by Gasteiger charge is 2.30. The lowest BCUT2D eigenvalue weighted by atomic mass is 9.94. The molecule has 0 spiro atoms. The van der Waals surface area contributed by atoms with Gasteiger partial charge in [0.15, 0.2) is 0 Å². The lowest BCUT2D eigenvalue weighted by Crippen LogP contribution is -2.35. The van der Waals surface area contributed by atoms with Crippen molar-refractivity contribution < 1.29 is 13.3 Å². The summed E-state index contributed by atoms with van der Waals surface area (Å²) in [6.45, 7) is 0.584. The van der Waals surface area contributed by atoms with Gasteiger partial charge in [0.1, 0.15) is 5.25 Å². The Morgan fingerprint density at radius 1 is 1.23 bits per heavy atom. The molecule has 2 aliphatic rings. The van der Waals surface area contributed by atoms with Gasteiger partial charge in [-0.25, -0.2) is 13.6 Å². The first-order chi connectivity index (χ1) is 10.5. The molecule has 0 radical (unpaired) electrons. The second-order valence-corrected chi connectivity index (χ2v) is 7.01. The van der Waals surface area contributed by atoms with Gasteiger partial charge >= 0.3 is 0 Å². The molecule has 1 unspecified atom stereocenters. The molecule has 0 bridgehead atoms. The van der Waals surface area contributed by atoms with Gasteiger partial charge in [-0.15, -0.1) is 0 Å². The van der Waals surface area contributed by atoms with Crippen molar-refractivity contribution in [3.63, 3.8) is 0 Å². The quantitative estimate of drug-likeness (QED) is 0.900. The van der Waals surface area contributed by atoms with Crippen LogP contribution < -0.4 is 5.14 Å². The SMILES string of the molecule is CON1Cc2ccccc2CC1=C1C=CC=CC1S(N)(=O)=O. The van der Waals surface area contributed by atoms with Crippen molar-refractivity contribution in [2.75, 3.05) is 7.11 Å². The number of rotatable bonds is 2. The Labute approximate surface area is 130 Å². The van der Waals surface area contributed by atoms with Gasteiger partial charge in [-0.05, 0) is 16.7 Å². The molecule has 1 atom stereocenters. The molecular formula is C16H18N2O3S. The number of primary sulfonamides is 1. The molecule has 0 saturated heterocycles. The minimum atomic E-state index is -3.71. The summed E-state index contributed by atoms with van der Waals surface area (Å²) in [6, 6.07) is 8.08. The number of nitrogens with zero attached hydrogens (tertiary/aromatic N) is 1. The number of benzene rings is 1. The van der Waals surface area contributed by atoms with Crippen LogP contribution in [0, 0.1) is 0 Å². The monoisotopic (exact) mass is 318 g/mol. The van der Waals surface area contributed by atoms with Crippen molar-refractivity contribution >= 4 is 10.0 Å².